The van der Waals surface area contributed by atoms with Crippen LogP contribution in [0.15, 0.2) is 48.7 Å². The van der Waals surface area contributed by atoms with Gasteiger partial charge in [0.1, 0.15) is 5.75 Å². The van der Waals surface area contributed by atoms with Crippen LogP contribution in [0, 0.1) is 24.0 Å². The quantitative estimate of drug-likeness (QED) is 0.310. The topological polar surface area (TPSA) is 106 Å². The third kappa shape index (κ3) is 4.03. The van der Waals surface area contributed by atoms with Crippen LogP contribution in [0.1, 0.15) is 34.7 Å². The van der Waals surface area contributed by atoms with E-state index in [-0.39, 0.29) is 24.4 Å². The number of aryl methyl sites for hydroxylation is 1. The van der Waals surface area contributed by atoms with Crippen LogP contribution in [-0.4, -0.2) is 49.9 Å². The van der Waals surface area contributed by atoms with Crippen LogP contribution in [0.25, 0.3) is 5.69 Å². The normalized spacial score (nSPS) is 17.8. The van der Waals surface area contributed by atoms with Gasteiger partial charge in [0.2, 0.25) is 0 Å². The molecule has 1 fully saturated rings. The Morgan fingerprint density at radius 2 is 2.06 bits per heavy atom. The van der Waals surface area contributed by atoms with E-state index in [1.807, 2.05) is 41.5 Å². The number of thiocarbonyl (C=S) groups is 1. The molecule has 0 radical (unpaired) electrons. The molecule has 0 amide bonds. The van der Waals surface area contributed by atoms with Crippen LogP contribution in [0.3, 0.4) is 0 Å². The summed E-state index contributed by atoms with van der Waals surface area (Å²) in [4.78, 5) is 17.3. The molecule has 0 spiro atoms. The number of nitro groups is 1. The fourth-order valence-corrected chi connectivity index (χ4v) is 4.85. The summed E-state index contributed by atoms with van der Waals surface area (Å²) in [5, 5.41) is 24.8. The Kier molecular flexibility index (Phi) is 6.30. The van der Waals surface area contributed by atoms with Gasteiger partial charge in [-0.3, -0.25) is 15.1 Å². The van der Waals surface area contributed by atoms with E-state index in [0.29, 0.717) is 23.1 Å². The maximum Gasteiger partial charge on any atom is 0.273 e. The van der Waals surface area contributed by atoms with E-state index in [2.05, 4.69) is 16.4 Å². The Bertz CT molecular complexity index is 1200. The fourth-order valence-electron chi connectivity index (χ4n) is 4.51. The Morgan fingerprint density at radius 1 is 1.27 bits per heavy atom. The average molecular weight is 468 g/mol. The van der Waals surface area contributed by atoms with Gasteiger partial charge in [0, 0.05) is 30.2 Å². The highest BCUT2D eigenvalue weighted by molar-refractivity contribution is 7.80. The van der Waals surface area contributed by atoms with E-state index in [1.54, 1.807) is 12.3 Å². The third-order valence-electron chi connectivity index (χ3n) is 5.94. The second kappa shape index (κ2) is 9.16. The SMILES string of the molecule is COc1cc([N+](=O)[O-])ccc1-n1c(C)cc([C@@H]2[C@@H](c3ccccn3)NC(=S)N2CCO)c1C. The third-order valence-corrected chi connectivity index (χ3v) is 6.29. The molecule has 3 aromatic rings. The number of nitrogens with zero attached hydrogens (tertiary/aromatic N) is 4. The van der Waals surface area contributed by atoms with Crippen LogP contribution in [0.4, 0.5) is 5.69 Å². The molecule has 1 saturated heterocycles. The number of rotatable bonds is 7. The number of nitrogens with one attached hydrogen (secondary N) is 1. The number of aliphatic hydroxyl groups is 1. The minimum Gasteiger partial charge on any atom is -0.494 e. The van der Waals surface area contributed by atoms with E-state index >= 15 is 0 Å². The van der Waals surface area contributed by atoms with Gasteiger partial charge in [-0.15, -0.1) is 0 Å². The molecule has 9 nitrogen and oxygen atoms in total. The highest BCUT2D eigenvalue weighted by Gasteiger charge is 2.41. The second-order valence-electron chi connectivity index (χ2n) is 7.82. The molecule has 2 aromatic heterocycles. The van der Waals surface area contributed by atoms with Gasteiger partial charge >= 0.3 is 0 Å². The summed E-state index contributed by atoms with van der Waals surface area (Å²) < 4.78 is 7.51. The second-order valence-corrected chi connectivity index (χ2v) is 8.21. The summed E-state index contributed by atoms with van der Waals surface area (Å²) >= 11 is 5.60. The van der Waals surface area contributed by atoms with E-state index in [1.165, 1.54) is 19.2 Å². The monoisotopic (exact) mass is 467 g/mol. The van der Waals surface area contributed by atoms with Crippen molar-refractivity contribution in [1.29, 1.82) is 0 Å². The molecule has 0 aliphatic carbocycles. The predicted molar refractivity (Wildman–Crippen MR) is 128 cm³/mol. The van der Waals surface area contributed by atoms with Gasteiger partial charge < -0.3 is 24.6 Å². The van der Waals surface area contributed by atoms with Crippen molar-refractivity contribution in [2.45, 2.75) is 25.9 Å². The molecular weight excluding hydrogens is 442 g/mol. The summed E-state index contributed by atoms with van der Waals surface area (Å²) in [5.41, 5.74) is 4.43. The first-order valence-electron chi connectivity index (χ1n) is 10.5. The van der Waals surface area contributed by atoms with Gasteiger partial charge in [0.25, 0.3) is 5.69 Å². The number of β-amino-alcohol motifs (C(OH)–C–C–N with tert-alkyl or cyclic N) is 1. The van der Waals surface area contributed by atoms with Crippen LogP contribution in [0.2, 0.25) is 0 Å². The smallest absolute Gasteiger partial charge is 0.273 e. The molecule has 172 valence electrons. The van der Waals surface area contributed by atoms with E-state index in [4.69, 9.17) is 17.0 Å². The van der Waals surface area contributed by atoms with Crippen molar-refractivity contribution in [2.75, 3.05) is 20.3 Å². The highest BCUT2D eigenvalue weighted by atomic mass is 32.1. The number of hydrogen-bond acceptors (Lipinski definition) is 6. The van der Waals surface area contributed by atoms with Gasteiger partial charge in [-0.25, -0.2) is 0 Å². The van der Waals surface area contributed by atoms with E-state index in [9.17, 15) is 15.2 Å². The Hall–Kier alpha value is -3.50. The zero-order valence-corrected chi connectivity index (χ0v) is 19.4. The molecule has 2 atom stereocenters. The summed E-state index contributed by atoms with van der Waals surface area (Å²) in [6.45, 7) is 4.31. The molecule has 3 heterocycles. The lowest BCUT2D eigenvalue weighted by molar-refractivity contribution is -0.384. The minimum absolute atomic E-state index is 0.0343. The number of benzene rings is 1. The zero-order valence-electron chi connectivity index (χ0n) is 18.6. The number of aliphatic hydroxyl groups excluding tert-OH is 1. The van der Waals surface area contributed by atoms with Crippen molar-refractivity contribution in [3.05, 3.63) is 81.4 Å². The first-order chi connectivity index (χ1) is 15.9. The van der Waals surface area contributed by atoms with Gasteiger partial charge in [0.05, 0.1) is 48.2 Å². The number of hydrogen-bond donors (Lipinski definition) is 2. The lowest BCUT2D eigenvalue weighted by Gasteiger charge is -2.27. The Labute approximate surface area is 196 Å². The molecule has 10 heteroatoms. The van der Waals surface area contributed by atoms with Crippen molar-refractivity contribution < 1.29 is 14.8 Å². The first kappa shape index (κ1) is 22.7. The predicted octanol–water partition coefficient (Wildman–Crippen LogP) is 3.37. The van der Waals surface area contributed by atoms with Gasteiger partial charge in [-0.05, 0) is 55.9 Å². The standard InChI is InChI=1S/C23H25N5O4S/c1-14-12-17(15(2)27(14)19-8-7-16(28(30)31)13-20(19)32-3)22-21(18-6-4-5-9-24-18)25-23(33)26(22)10-11-29/h4-9,12-13,21-22,29H,10-11H2,1-3H3,(H,25,33)/t21-,22-/m1/s1. The molecule has 1 aliphatic heterocycles. The molecule has 0 bridgehead atoms. The number of pyridine rings is 1. The Morgan fingerprint density at radius 3 is 2.70 bits per heavy atom. The van der Waals surface area contributed by atoms with Crippen molar-refractivity contribution in [3.8, 4) is 11.4 Å². The number of aromatic nitrogens is 2. The maximum absolute atomic E-state index is 11.2. The van der Waals surface area contributed by atoms with Crippen LogP contribution in [0.5, 0.6) is 5.75 Å². The summed E-state index contributed by atoms with van der Waals surface area (Å²) in [7, 11) is 1.50. The van der Waals surface area contributed by atoms with Crippen LogP contribution < -0.4 is 10.1 Å². The fraction of sp³-hybridized carbons (Fsp3) is 0.304. The number of ether oxygens (including phenoxy) is 1. The average Bonchev–Trinajstić information content (AvgIpc) is 3.29. The van der Waals surface area contributed by atoms with Crippen molar-refractivity contribution in [1.82, 2.24) is 19.8 Å². The summed E-state index contributed by atoms with van der Waals surface area (Å²) in [6, 6.07) is 12.0. The maximum atomic E-state index is 11.2. The molecule has 4 rings (SSSR count). The summed E-state index contributed by atoms with van der Waals surface area (Å²) in [5.74, 6) is 0.408. The number of nitro benzene ring substituents is 1. The van der Waals surface area contributed by atoms with Crippen LogP contribution >= 0.6 is 12.2 Å². The van der Waals surface area contributed by atoms with Crippen LogP contribution in [-0.2, 0) is 0 Å². The molecule has 0 unspecified atom stereocenters. The largest absolute Gasteiger partial charge is 0.494 e. The summed E-state index contributed by atoms with van der Waals surface area (Å²) in [6.07, 6.45) is 1.75. The molecular formula is C23H25N5O4S. The number of methoxy groups -OCH3 is 1. The lowest BCUT2D eigenvalue weighted by Crippen LogP contribution is -2.32. The van der Waals surface area contributed by atoms with Crippen molar-refractivity contribution in [2.24, 2.45) is 0 Å². The minimum atomic E-state index is -0.442. The molecule has 0 saturated carbocycles. The van der Waals surface area contributed by atoms with E-state index < -0.39 is 4.92 Å². The molecule has 1 aliphatic rings. The van der Waals surface area contributed by atoms with Gasteiger partial charge in [-0.1, -0.05) is 6.07 Å². The lowest BCUT2D eigenvalue weighted by atomic mass is 9.97. The molecule has 33 heavy (non-hydrogen) atoms. The molecule has 2 N–H and O–H groups in total. The molecule has 1 aromatic carbocycles. The van der Waals surface area contributed by atoms with Crippen molar-refractivity contribution >= 4 is 23.0 Å². The van der Waals surface area contributed by atoms with Gasteiger partial charge in [-0.2, -0.15) is 0 Å². The van der Waals surface area contributed by atoms with Gasteiger partial charge in [0.15, 0.2) is 5.11 Å². The Balaban J connectivity index is 1.85. The van der Waals surface area contributed by atoms with Crippen molar-refractivity contribution in [3.63, 3.8) is 0 Å². The zero-order chi connectivity index (χ0) is 23.7. The van der Waals surface area contributed by atoms with E-state index in [0.717, 1.165) is 22.6 Å². The number of non-ortho nitro benzene ring substituents is 1. The highest BCUT2D eigenvalue weighted by Crippen LogP contribution is 2.42. The first-order valence-corrected chi connectivity index (χ1v) is 10.9.